The third kappa shape index (κ3) is 5.87. The summed E-state index contributed by atoms with van der Waals surface area (Å²) in [5, 5.41) is 0. The predicted molar refractivity (Wildman–Crippen MR) is 81.4 cm³/mol. The van der Waals surface area contributed by atoms with Gasteiger partial charge in [-0.25, -0.2) is 0 Å². The SMILES string of the molecule is C=C(C)C[Si](CCC)(CCC)CCCN1CC1. The largest absolute Gasteiger partial charge is 0.301 e. The molecule has 0 amide bonds. The molecular formula is C15H31NSi. The van der Waals surface area contributed by atoms with Crippen molar-refractivity contribution in [2.24, 2.45) is 0 Å². The molecule has 0 bridgehead atoms. The second-order valence-electron chi connectivity index (χ2n) is 6.08. The van der Waals surface area contributed by atoms with E-state index in [1.54, 1.807) is 0 Å². The molecule has 0 aliphatic carbocycles. The van der Waals surface area contributed by atoms with Crippen molar-refractivity contribution in [2.45, 2.75) is 64.2 Å². The van der Waals surface area contributed by atoms with E-state index in [2.05, 4.69) is 32.3 Å². The Bertz CT molecular complexity index is 227. The Morgan fingerprint density at radius 2 is 1.71 bits per heavy atom. The Hall–Kier alpha value is -0.0831. The summed E-state index contributed by atoms with van der Waals surface area (Å²) in [7, 11) is -1.02. The van der Waals surface area contributed by atoms with Crippen LogP contribution in [0.5, 0.6) is 0 Å². The molecule has 1 saturated heterocycles. The first-order valence-electron chi connectivity index (χ1n) is 7.48. The normalized spacial score (nSPS) is 16.2. The van der Waals surface area contributed by atoms with Crippen LogP contribution in [-0.4, -0.2) is 32.6 Å². The minimum absolute atomic E-state index is 1.02. The van der Waals surface area contributed by atoms with Crippen molar-refractivity contribution in [2.75, 3.05) is 19.6 Å². The fourth-order valence-corrected chi connectivity index (χ4v) is 8.90. The van der Waals surface area contributed by atoms with Crippen LogP contribution in [0.25, 0.3) is 0 Å². The molecule has 0 radical (unpaired) electrons. The molecule has 1 aliphatic heterocycles. The van der Waals surface area contributed by atoms with Crippen molar-refractivity contribution in [1.29, 1.82) is 0 Å². The van der Waals surface area contributed by atoms with Crippen molar-refractivity contribution >= 4 is 8.07 Å². The highest BCUT2D eigenvalue weighted by atomic mass is 28.3. The summed E-state index contributed by atoms with van der Waals surface area (Å²) in [6, 6.07) is 5.97. The highest BCUT2D eigenvalue weighted by Crippen LogP contribution is 2.33. The standard InChI is InChI=1S/C15H31NSi/c1-5-11-17(12-6-2,14-15(3)4)13-7-8-16-9-10-16/h3,5-14H2,1-2,4H3. The average Bonchev–Trinajstić information content (AvgIpc) is 3.01. The summed E-state index contributed by atoms with van der Waals surface area (Å²) < 4.78 is 0. The number of allylic oxidation sites excluding steroid dienone is 1. The summed E-state index contributed by atoms with van der Waals surface area (Å²) >= 11 is 0. The van der Waals surface area contributed by atoms with E-state index in [1.165, 1.54) is 68.6 Å². The number of hydrogen-bond donors (Lipinski definition) is 0. The van der Waals surface area contributed by atoms with Gasteiger partial charge in [0.2, 0.25) is 0 Å². The summed E-state index contributed by atoms with van der Waals surface area (Å²) in [5.41, 5.74) is 1.44. The lowest BCUT2D eigenvalue weighted by Gasteiger charge is -2.32. The minimum Gasteiger partial charge on any atom is -0.301 e. The highest BCUT2D eigenvalue weighted by Gasteiger charge is 2.30. The second kappa shape index (κ2) is 7.37. The van der Waals surface area contributed by atoms with Crippen LogP contribution >= 0.6 is 0 Å². The average molecular weight is 254 g/mol. The number of hydrogen-bond acceptors (Lipinski definition) is 1. The number of rotatable bonds is 10. The Morgan fingerprint density at radius 1 is 1.12 bits per heavy atom. The fourth-order valence-electron chi connectivity index (χ4n) is 3.31. The van der Waals surface area contributed by atoms with E-state index in [4.69, 9.17) is 0 Å². The lowest BCUT2D eigenvalue weighted by atomic mass is 10.4. The van der Waals surface area contributed by atoms with Gasteiger partial charge in [0.05, 0.1) is 8.07 Å². The van der Waals surface area contributed by atoms with Crippen molar-refractivity contribution in [3.63, 3.8) is 0 Å². The highest BCUT2D eigenvalue weighted by molar-refractivity contribution is 6.80. The van der Waals surface area contributed by atoms with Gasteiger partial charge in [-0.15, -0.1) is 6.58 Å². The van der Waals surface area contributed by atoms with E-state index in [1.807, 2.05) is 0 Å². The van der Waals surface area contributed by atoms with Crippen LogP contribution in [0.15, 0.2) is 12.2 Å². The van der Waals surface area contributed by atoms with Gasteiger partial charge in [-0.05, 0) is 25.9 Å². The number of nitrogens with zero attached hydrogens (tertiary/aromatic N) is 1. The topological polar surface area (TPSA) is 3.01 Å². The van der Waals surface area contributed by atoms with Gasteiger partial charge in [-0.2, -0.15) is 0 Å². The Balaban J connectivity index is 2.47. The zero-order valence-corrected chi connectivity index (χ0v) is 13.2. The van der Waals surface area contributed by atoms with Gasteiger partial charge < -0.3 is 4.90 Å². The first kappa shape index (κ1) is 15.0. The molecule has 1 rings (SSSR count). The van der Waals surface area contributed by atoms with Crippen molar-refractivity contribution in [3.8, 4) is 0 Å². The lowest BCUT2D eigenvalue weighted by molar-refractivity contribution is 0.548. The third-order valence-electron chi connectivity index (χ3n) is 3.96. The zero-order valence-electron chi connectivity index (χ0n) is 12.2. The molecule has 0 aromatic heterocycles. The Labute approximate surface area is 109 Å². The van der Waals surface area contributed by atoms with Crippen LogP contribution in [0.1, 0.15) is 40.0 Å². The molecular weight excluding hydrogens is 222 g/mol. The van der Waals surface area contributed by atoms with E-state index in [-0.39, 0.29) is 0 Å². The monoisotopic (exact) mass is 253 g/mol. The zero-order chi connectivity index (χ0) is 12.7. The van der Waals surface area contributed by atoms with E-state index < -0.39 is 8.07 Å². The molecule has 0 aromatic carbocycles. The van der Waals surface area contributed by atoms with E-state index in [9.17, 15) is 0 Å². The molecule has 0 N–H and O–H groups in total. The minimum atomic E-state index is -1.02. The van der Waals surface area contributed by atoms with Gasteiger partial charge in [-0.3, -0.25) is 0 Å². The predicted octanol–water partition coefficient (Wildman–Crippen LogP) is 4.54. The first-order valence-corrected chi connectivity index (χ1v) is 10.3. The maximum atomic E-state index is 4.18. The van der Waals surface area contributed by atoms with Gasteiger partial charge in [0.15, 0.2) is 0 Å². The lowest BCUT2D eigenvalue weighted by Crippen LogP contribution is -2.34. The van der Waals surface area contributed by atoms with Crippen LogP contribution in [-0.2, 0) is 0 Å². The summed E-state index contributed by atoms with van der Waals surface area (Å²) in [4.78, 5) is 2.57. The molecule has 2 heteroatoms. The van der Waals surface area contributed by atoms with E-state index >= 15 is 0 Å². The maximum absolute atomic E-state index is 4.18. The smallest absolute Gasteiger partial charge is 0.0576 e. The van der Waals surface area contributed by atoms with Gasteiger partial charge in [0.25, 0.3) is 0 Å². The Kier molecular flexibility index (Phi) is 6.50. The molecule has 1 aliphatic rings. The molecule has 1 heterocycles. The molecule has 0 unspecified atom stereocenters. The third-order valence-corrected chi connectivity index (χ3v) is 9.85. The quantitative estimate of drug-likeness (QED) is 0.314. The summed E-state index contributed by atoms with van der Waals surface area (Å²) in [6.07, 6.45) is 4.20. The maximum Gasteiger partial charge on any atom is 0.0576 e. The van der Waals surface area contributed by atoms with Crippen molar-refractivity contribution < 1.29 is 0 Å². The van der Waals surface area contributed by atoms with Crippen molar-refractivity contribution in [1.82, 2.24) is 4.90 Å². The first-order chi connectivity index (χ1) is 8.12. The Morgan fingerprint density at radius 3 is 2.12 bits per heavy atom. The van der Waals surface area contributed by atoms with Crippen LogP contribution < -0.4 is 0 Å². The van der Waals surface area contributed by atoms with E-state index in [0.717, 1.165) is 0 Å². The molecule has 0 aromatic rings. The van der Waals surface area contributed by atoms with Gasteiger partial charge in [0, 0.05) is 13.1 Å². The molecule has 0 atom stereocenters. The molecule has 0 saturated carbocycles. The summed E-state index contributed by atoms with van der Waals surface area (Å²) in [6.45, 7) is 15.2. The van der Waals surface area contributed by atoms with Crippen LogP contribution in [0.4, 0.5) is 0 Å². The van der Waals surface area contributed by atoms with Gasteiger partial charge >= 0.3 is 0 Å². The molecule has 0 spiro atoms. The second-order valence-corrected chi connectivity index (χ2v) is 10.9. The molecule has 17 heavy (non-hydrogen) atoms. The molecule has 1 fully saturated rings. The van der Waals surface area contributed by atoms with Gasteiger partial charge in [-0.1, -0.05) is 50.4 Å². The molecule has 100 valence electrons. The summed E-state index contributed by atoms with van der Waals surface area (Å²) in [5.74, 6) is 0. The van der Waals surface area contributed by atoms with Crippen molar-refractivity contribution in [3.05, 3.63) is 12.2 Å². The fraction of sp³-hybridized carbons (Fsp3) is 0.867. The van der Waals surface area contributed by atoms with Crippen LogP contribution in [0.3, 0.4) is 0 Å². The van der Waals surface area contributed by atoms with Crippen LogP contribution in [0, 0.1) is 0 Å². The van der Waals surface area contributed by atoms with Crippen LogP contribution in [0.2, 0.25) is 24.2 Å². The van der Waals surface area contributed by atoms with E-state index in [0.29, 0.717) is 0 Å². The molecule has 1 nitrogen and oxygen atoms in total. The van der Waals surface area contributed by atoms with Gasteiger partial charge in [0.1, 0.15) is 0 Å².